The Bertz CT molecular complexity index is 602. The zero-order valence-electron chi connectivity index (χ0n) is 11.6. The number of nitrogens with zero attached hydrogens (tertiary/aromatic N) is 2. The standard InChI is InChI=1S/C12H17ClN2O4S2/c1-2-19-12(16)14-6-3-7-15(9-8-14)21(17,18)11-5-4-10(13)20-11/h4-5H,2-3,6-9H2,1H3. The summed E-state index contributed by atoms with van der Waals surface area (Å²) in [6.07, 6.45) is 0.188. The lowest BCUT2D eigenvalue weighted by molar-refractivity contribution is 0.109. The molecule has 6 nitrogen and oxygen atoms in total. The summed E-state index contributed by atoms with van der Waals surface area (Å²) in [5.41, 5.74) is 0. The molecular formula is C12H17ClN2O4S2. The van der Waals surface area contributed by atoms with Crippen molar-refractivity contribution in [2.75, 3.05) is 32.8 Å². The van der Waals surface area contributed by atoms with Crippen molar-refractivity contribution < 1.29 is 17.9 Å². The molecule has 118 valence electrons. The van der Waals surface area contributed by atoms with Crippen molar-refractivity contribution in [3.63, 3.8) is 0 Å². The molecular weight excluding hydrogens is 336 g/mol. The fourth-order valence-electron chi connectivity index (χ4n) is 2.10. The van der Waals surface area contributed by atoms with Crippen molar-refractivity contribution in [1.82, 2.24) is 9.21 Å². The summed E-state index contributed by atoms with van der Waals surface area (Å²) >= 11 is 6.84. The molecule has 1 aromatic rings. The van der Waals surface area contributed by atoms with E-state index in [4.69, 9.17) is 16.3 Å². The Hall–Kier alpha value is -0.830. The number of hydrogen-bond acceptors (Lipinski definition) is 5. The first-order valence-electron chi connectivity index (χ1n) is 6.62. The third-order valence-electron chi connectivity index (χ3n) is 3.12. The molecule has 1 saturated heterocycles. The van der Waals surface area contributed by atoms with Crippen LogP contribution in [0.3, 0.4) is 0 Å². The Morgan fingerprint density at radius 3 is 2.71 bits per heavy atom. The van der Waals surface area contributed by atoms with Gasteiger partial charge in [0.15, 0.2) is 0 Å². The number of sulfonamides is 1. The Morgan fingerprint density at radius 2 is 2.10 bits per heavy atom. The number of rotatable bonds is 3. The minimum atomic E-state index is -3.54. The van der Waals surface area contributed by atoms with Crippen molar-refractivity contribution >= 4 is 39.1 Å². The number of carbonyl (C=O) groups excluding carboxylic acids is 1. The normalized spacial score (nSPS) is 17.5. The molecule has 9 heteroatoms. The van der Waals surface area contributed by atoms with Gasteiger partial charge in [-0.15, -0.1) is 11.3 Å². The molecule has 0 atom stereocenters. The average molecular weight is 353 g/mol. The van der Waals surface area contributed by atoms with E-state index in [-0.39, 0.29) is 10.8 Å². The maximum absolute atomic E-state index is 12.5. The smallest absolute Gasteiger partial charge is 0.409 e. The van der Waals surface area contributed by atoms with Crippen LogP contribution in [-0.2, 0) is 14.8 Å². The van der Waals surface area contributed by atoms with Crippen LogP contribution < -0.4 is 0 Å². The highest BCUT2D eigenvalue weighted by Crippen LogP contribution is 2.28. The van der Waals surface area contributed by atoms with Gasteiger partial charge in [-0.05, 0) is 25.5 Å². The SMILES string of the molecule is CCOC(=O)N1CCCN(S(=O)(=O)c2ccc(Cl)s2)CC1. The molecule has 21 heavy (non-hydrogen) atoms. The summed E-state index contributed by atoms with van der Waals surface area (Å²) in [6, 6.07) is 3.08. The second-order valence-electron chi connectivity index (χ2n) is 4.50. The number of thiophene rings is 1. The third-order valence-corrected chi connectivity index (χ3v) is 6.72. The molecule has 1 fully saturated rings. The minimum Gasteiger partial charge on any atom is -0.450 e. The molecule has 1 aliphatic heterocycles. The highest BCUT2D eigenvalue weighted by atomic mass is 35.5. The fraction of sp³-hybridized carbons (Fsp3) is 0.583. The molecule has 0 radical (unpaired) electrons. The molecule has 2 rings (SSSR count). The van der Waals surface area contributed by atoms with Gasteiger partial charge >= 0.3 is 6.09 Å². The summed E-state index contributed by atoms with van der Waals surface area (Å²) in [5, 5.41) is 0. The molecule has 0 bridgehead atoms. The zero-order chi connectivity index (χ0) is 15.5. The zero-order valence-corrected chi connectivity index (χ0v) is 14.0. The summed E-state index contributed by atoms with van der Waals surface area (Å²) in [5.74, 6) is 0. The maximum Gasteiger partial charge on any atom is 0.409 e. The number of carbonyl (C=O) groups is 1. The van der Waals surface area contributed by atoms with Crippen molar-refractivity contribution in [3.05, 3.63) is 16.5 Å². The van der Waals surface area contributed by atoms with E-state index in [0.717, 1.165) is 11.3 Å². The number of amides is 1. The molecule has 0 aromatic carbocycles. The van der Waals surface area contributed by atoms with Crippen molar-refractivity contribution in [2.24, 2.45) is 0 Å². The lowest BCUT2D eigenvalue weighted by Gasteiger charge is -2.20. The monoisotopic (exact) mass is 352 g/mol. The molecule has 0 N–H and O–H groups in total. The van der Waals surface area contributed by atoms with Crippen LogP contribution in [0.15, 0.2) is 16.3 Å². The van der Waals surface area contributed by atoms with Crippen LogP contribution in [-0.4, -0.2) is 56.5 Å². The summed E-state index contributed by atoms with van der Waals surface area (Å²) in [6.45, 7) is 3.52. The van der Waals surface area contributed by atoms with Gasteiger partial charge < -0.3 is 9.64 Å². The van der Waals surface area contributed by atoms with Crippen LogP contribution in [0.4, 0.5) is 4.79 Å². The Balaban J connectivity index is 2.07. The van der Waals surface area contributed by atoms with E-state index in [1.165, 1.54) is 10.4 Å². The van der Waals surface area contributed by atoms with Gasteiger partial charge in [0.25, 0.3) is 10.0 Å². The van der Waals surface area contributed by atoms with Gasteiger partial charge in [-0.25, -0.2) is 13.2 Å². The largest absolute Gasteiger partial charge is 0.450 e. The number of hydrogen-bond donors (Lipinski definition) is 0. The Labute approximate surface area is 133 Å². The van der Waals surface area contributed by atoms with E-state index in [0.29, 0.717) is 37.0 Å². The van der Waals surface area contributed by atoms with Gasteiger partial charge in [0.05, 0.1) is 10.9 Å². The summed E-state index contributed by atoms with van der Waals surface area (Å²) in [7, 11) is -3.54. The number of halogens is 1. The predicted molar refractivity (Wildman–Crippen MR) is 81.3 cm³/mol. The van der Waals surface area contributed by atoms with Crippen LogP contribution in [0.2, 0.25) is 4.34 Å². The molecule has 0 spiro atoms. The van der Waals surface area contributed by atoms with Crippen LogP contribution in [0.5, 0.6) is 0 Å². The van der Waals surface area contributed by atoms with E-state index < -0.39 is 16.1 Å². The van der Waals surface area contributed by atoms with Gasteiger partial charge in [-0.3, -0.25) is 0 Å². The van der Waals surface area contributed by atoms with Crippen molar-refractivity contribution in [1.29, 1.82) is 0 Å². The molecule has 2 heterocycles. The van der Waals surface area contributed by atoms with Crippen LogP contribution in [0.25, 0.3) is 0 Å². The second kappa shape index (κ2) is 6.95. The maximum atomic E-state index is 12.5. The summed E-state index contributed by atoms with van der Waals surface area (Å²) < 4.78 is 32.0. The van der Waals surface area contributed by atoms with Gasteiger partial charge in [-0.2, -0.15) is 4.31 Å². The quantitative estimate of drug-likeness (QED) is 0.836. The lowest BCUT2D eigenvalue weighted by Crippen LogP contribution is -2.37. The van der Waals surface area contributed by atoms with Gasteiger partial charge in [0, 0.05) is 26.2 Å². The molecule has 0 unspecified atom stereocenters. The van der Waals surface area contributed by atoms with Crippen molar-refractivity contribution in [2.45, 2.75) is 17.6 Å². The Kier molecular flexibility index (Phi) is 5.48. The van der Waals surface area contributed by atoms with Crippen LogP contribution >= 0.6 is 22.9 Å². The number of ether oxygens (including phenoxy) is 1. The van der Waals surface area contributed by atoms with E-state index in [1.807, 2.05) is 0 Å². The van der Waals surface area contributed by atoms with E-state index >= 15 is 0 Å². The molecule has 1 aliphatic rings. The Morgan fingerprint density at radius 1 is 1.33 bits per heavy atom. The van der Waals surface area contributed by atoms with Gasteiger partial charge in [0.2, 0.25) is 0 Å². The van der Waals surface area contributed by atoms with Gasteiger partial charge in [-0.1, -0.05) is 11.6 Å². The molecule has 1 aromatic heterocycles. The van der Waals surface area contributed by atoms with E-state index in [2.05, 4.69) is 0 Å². The third kappa shape index (κ3) is 3.88. The van der Waals surface area contributed by atoms with E-state index in [1.54, 1.807) is 17.9 Å². The first kappa shape index (κ1) is 16.5. The highest BCUT2D eigenvalue weighted by molar-refractivity contribution is 7.91. The van der Waals surface area contributed by atoms with Crippen LogP contribution in [0, 0.1) is 0 Å². The first-order chi connectivity index (χ1) is 9.95. The van der Waals surface area contributed by atoms with Gasteiger partial charge in [0.1, 0.15) is 4.21 Å². The topological polar surface area (TPSA) is 66.9 Å². The first-order valence-corrected chi connectivity index (χ1v) is 9.26. The predicted octanol–water partition coefficient (Wildman–Crippen LogP) is 2.25. The highest BCUT2D eigenvalue weighted by Gasteiger charge is 2.29. The van der Waals surface area contributed by atoms with E-state index in [9.17, 15) is 13.2 Å². The fourth-order valence-corrected chi connectivity index (χ4v) is 5.20. The molecule has 0 aliphatic carbocycles. The summed E-state index contributed by atoms with van der Waals surface area (Å²) in [4.78, 5) is 13.2. The second-order valence-corrected chi connectivity index (χ2v) is 8.38. The molecule has 1 amide bonds. The average Bonchev–Trinajstić information content (AvgIpc) is 2.74. The molecule has 0 saturated carbocycles. The van der Waals surface area contributed by atoms with Crippen LogP contribution in [0.1, 0.15) is 13.3 Å². The lowest BCUT2D eigenvalue weighted by atomic mass is 10.4. The van der Waals surface area contributed by atoms with Crippen molar-refractivity contribution in [3.8, 4) is 0 Å². The minimum absolute atomic E-state index is 0.233.